The average Bonchev–Trinajstić information content (AvgIpc) is 1.63. The van der Waals surface area contributed by atoms with Crippen LogP contribution in [-0.4, -0.2) is 9.73 Å². The first-order valence-corrected chi connectivity index (χ1v) is 3.46. The summed E-state index contributed by atoms with van der Waals surface area (Å²) in [6, 6.07) is 0. The maximum Gasteiger partial charge on any atom is 0.190 e. The predicted octanol–water partition coefficient (Wildman–Crippen LogP) is 2.52. The first kappa shape index (κ1) is 9.32. The van der Waals surface area contributed by atoms with Crippen LogP contribution in [-0.2, 0) is 4.79 Å². The van der Waals surface area contributed by atoms with Gasteiger partial charge in [-0.15, -0.1) is 0 Å². The Hall–Kier alpha value is 0.320. The van der Waals surface area contributed by atoms with Crippen LogP contribution < -0.4 is 0 Å². The minimum Gasteiger partial charge on any atom is -0.234 e. The van der Waals surface area contributed by atoms with Crippen LogP contribution in [0, 0.1) is 0 Å². The Balaban J connectivity index is 3.39. The molecule has 4 heteroatoms. The minimum absolute atomic E-state index is 0.354. The van der Waals surface area contributed by atoms with Crippen LogP contribution >= 0.6 is 34.8 Å². The first-order valence-electron chi connectivity index (χ1n) is 2.32. The van der Waals surface area contributed by atoms with Crippen molar-refractivity contribution in [2.75, 3.05) is 0 Å². The summed E-state index contributed by atoms with van der Waals surface area (Å²) in [6.45, 7) is 0. The highest BCUT2D eigenvalue weighted by Crippen LogP contribution is 2.30. The molecule has 0 N–H and O–H groups in total. The number of alkyl halides is 3. The third-order valence-corrected chi connectivity index (χ3v) is 1.22. The van der Waals surface area contributed by atoms with Gasteiger partial charge in [-0.25, -0.2) is 4.79 Å². The van der Waals surface area contributed by atoms with Crippen molar-refractivity contribution < 1.29 is 4.79 Å². The second-order valence-corrected chi connectivity index (χ2v) is 3.99. The summed E-state index contributed by atoms with van der Waals surface area (Å²) < 4.78 is -1.24. The Morgan fingerprint density at radius 3 is 2.33 bits per heavy atom. The molecule has 0 spiro atoms. The van der Waals surface area contributed by atoms with Crippen molar-refractivity contribution in [2.45, 2.75) is 16.6 Å². The molecule has 0 aliphatic carbocycles. The molecular formula is C5H5Cl3O. The van der Waals surface area contributed by atoms with E-state index in [2.05, 4.69) is 0 Å². The number of allylic oxidation sites excluding steroid dienone is 1. The number of hydrogen-bond acceptors (Lipinski definition) is 1. The van der Waals surface area contributed by atoms with E-state index in [4.69, 9.17) is 34.8 Å². The molecule has 0 bridgehead atoms. The van der Waals surface area contributed by atoms with Crippen LogP contribution in [0.25, 0.3) is 0 Å². The fourth-order valence-corrected chi connectivity index (χ4v) is 0.622. The summed E-state index contributed by atoms with van der Waals surface area (Å²) in [5.74, 6) is 1.59. The van der Waals surface area contributed by atoms with E-state index in [1.54, 1.807) is 5.94 Å². The lowest BCUT2D eigenvalue weighted by Crippen LogP contribution is -1.99. The third kappa shape index (κ3) is 8.32. The molecule has 0 unspecified atom stereocenters. The van der Waals surface area contributed by atoms with Gasteiger partial charge in [0.2, 0.25) is 0 Å². The molecule has 0 aromatic heterocycles. The van der Waals surface area contributed by atoms with Gasteiger partial charge in [0.25, 0.3) is 0 Å². The van der Waals surface area contributed by atoms with Crippen molar-refractivity contribution in [1.29, 1.82) is 0 Å². The monoisotopic (exact) mass is 186 g/mol. The Morgan fingerprint density at radius 1 is 1.44 bits per heavy atom. The van der Waals surface area contributed by atoms with Gasteiger partial charge in [-0.05, 0) is 18.9 Å². The molecule has 0 aliphatic heterocycles. The van der Waals surface area contributed by atoms with Gasteiger partial charge in [0.15, 0.2) is 3.79 Å². The average molecular weight is 187 g/mol. The Labute approximate surface area is 68.6 Å². The second-order valence-electron chi connectivity index (χ2n) is 1.48. The zero-order valence-electron chi connectivity index (χ0n) is 4.53. The van der Waals surface area contributed by atoms with Crippen molar-refractivity contribution in [3.63, 3.8) is 0 Å². The highest BCUT2D eigenvalue weighted by Gasteiger charge is 2.17. The Kier molecular flexibility index (Phi) is 4.33. The van der Waals surface area contributed by atoms with E-state index >= 15 is 0 Å². The molecule has 0 aliphatic rings. The quantitative estimate of drug-likeness (QED) is 0.480. The molecule has 0 saturated heterocycles. The molecule has 0 amide bonds. The Morgan fingerprint density at radius 2 is 2.00 bits per heavy atom. The summed E-state index contributed by atoms with van der Waals surface area (Å²) in [7, 11) is 0. The van der Waals surface area contributed by atoms with E-state index in [0.29, 0.717) is 12.8 Å². The lowest BCUT2D eigenvalue weighted by molar-refractivity contribution is 0.568. The van der Waals surface area contributed by atoms with E-state index in [0.717, 1.165) is 0 Å². The van der Waals surface area contributed by atoms with Gasteiger partial charge >= 0.3 is 0 Å². The fraction of sp³-hybridized carbons (Fsp3) is 0.600. The summed E-state index contributed by atoms with van der Waals surface area (Å²) in [6.07, 6.45) is 2.11. The maximum absolute atomic E-state index is 9.58. The molecule has 0 saturated carbocycles. The first-order chi connectivity index (χ1) is 4.06. The largest absolute Gasteiger partial charge is 0.234 e. The summed E-state index contributed by atoms with van der Waals surface area (Å²) in [5.41, 5.74) is 0. The SMILES string of the molecule is O=C=CCCC(Cl)(Cl)Cl. The molecule has 0 fully saturated rings. The van der Waals surface area contributed by atoms with Gasteiger partial charge in [0.1, 0.15) is 5.94 Å². The highest BCUT2D eigenvalue weighted by atomic mass is 35.6. The van der Waals surface area contributed by atoms with Crippen LogP contribution in [0.4, 0.5) is 0 Å². The lowest BCUT2D eigenvalue weighted by atomic mass is 10.3. The van der Waals surface area contributed by atoms with Crippen LogP contribution in [0.1, 0.15) is 12.8 Å². The van der Waals surface area contributed by atoms with Gasteiger partial charge < -0.3 is 0 Å². The highest BCUT2D eigenvalue weighted by molar-refractivity contribution is 6.67. The molecule has 0 aromatic carbocycles. The lowest BCUT2D eigenvalue weighted by Gasteiger charge is -2.05. The standard InChI is InChI=1S/C5H5Cl3O/c6-5(7,8)3-1-2-4-9/h2H,1,3H2. The maximum atomic E-state index is 9.58. The molecular weight excluding hydrogens is 182 g/mol. The van der Waals surface area contributed by atoms with E-state index in [1.165, 1.54) is 6.08 Å². The molecule has 0 heterocycles. The van der Waals surface area contributed by atoms with E-state index in [1.807, 2.05) is 0 Å². The minimum atomic E-state index is -1.24. The zero-order chi connectivity index (χ0) is 7.33. The van der Waals surface area contributed by atoms with Gasteiger partial charge in [0.05, 0.1) is 0 Å². The zero-order valence-corrected chi connectivity index (χ0v) is 6.80. The van der Waals surface area contributed by atoms with Crippen molar-refractivity contribution in [2.24, 2.45) is 0 Å². The van der Waals surface area contributed by atoms with E-state index < -0.39 is 3.79 Å². The number of hydrogen-bond donors (Lipinski definition) is 0. The summed E-state index contributed by atoms with van der Waals surface area (Å²) in [5, 5.41) is 0. The molecule has 0 rings (SSSR count). The van der Waals surface area contributed by atoms with Gasteiger partial charge in [-0.2, -0.15) is 0 Å². The molecule has 9 heavy (non-hydrogen) atoms. The van der Waals surface area contributed by atoms with Gasteiger partial charge in [0, 0.05) is 0 Å². The topological polar surface area (TPSA) is 17.1 Å². The summed E-state index contributed by atoms with van der Waals surface area (Å²) >= 11 is 16.0. The van der Waals surface area contributed by atoms with Crippen LogP contribution in [0.3, 0.4) is 0 Å². The third-order valence-electron chi connectivity index (χ3n) is 0.655. The number of rotatable bonds is 2. The normalized spacial score (nSPS) is 10.6. The van der Waals surface area contributed by atoms with Crippen molar-refractivity contribution in [3.8, 4) is 0 Å². The fourth-order valence-electron chi connectivity index (χ4n) is 0.295. The second kappa shape index (κ2) is 4.19. The van der Waals surface area contributed by atoms with E-state index in [-0.39, 0.29) is 0 Å². The number of halogens is 3. The van der Waals surface area contributed by atoms with Crippen LogP contribution in [0.15, 0.2) is 6.08 Å². The van der Waals surface area contributed by atoms with Crippen molar-refractivity contribution in [1.82, 2.24) is 0 Å². The predicted molar refractivity (Wildman–Crippen MR) is 39.8 cm³/mol. The van der Waals surface area contributed by atoms with Gasteiger partial charge in [-0.1, -0.05) is 34.8 Å². The smallest absolute Gasteiger partial charge is 0.190 e. The molecule has 0 atom stereocenters. The van der Waals surface area contributed by atoms with Crippen LogP contribution in [0.5, 0.6) is 0 Å². The van der Waals surface area contributed by atoms with E-state index in [9.17, 15) is 4.79 Å². The summed E-state index contributed by atoms with van der Waals surface area (Å²) in [4.78, 5) is 9.58. The molecule has 52 valence electrons. The Bertz CT molecular complexity index is 121. The molecule has 1 nitrogen and oxygen atoms in total. The molecule has 0 radical (unpaired) electrons. The number of carbonyl (C=O) groups excluding carboxylic acids is 1. The molecule has 0 aromatic rings. The van der Waals surface area contributed by atoms with Crippen molar-refractivity contribution in [3.05, 3.63) is 6.08 Å². The van der Waals surface area contributed by atoms with Crippen LogP contribution in [0.2, 0.25) is 0 Å². The van der Waals surface area contributed by atoms with Crippen molar-refractivity contribution >= 4 is 40.7 Å². The van der Waals surface area contributed by atoms with Gasteiger partial charge in [-0.3, -0.25) is 0 Å².